The van der Waals surface area contributed by atoms with Gasteiger partial charge in [0.1, 0.15) is 0 Å². The van der Waals surface area contributed by atoms with E-state index in [1.807, 2.05) is 12.1 Å². The third-order valence-electron chi connectivity index (χ3n) is 2.33. The standard InChI is InChI=1S/C12H10N2O2/c1-2-11(13-16)14-8-4-6-9-5-3-7-10(15)12(9)14/h2-8H,1H2,(H-,15,16)/p+1. The fourth-order valence-electron chi connectivity index (χ4n) is 1.63. The van der Waals surface area contributed by atoms with E-state index >= 15 is 0 Å². The molecule has 0 saturated heterocycles. The Morgan fingerprint density at radius 1 is 1.31 bits per heavy atom. The summed E-state index contributed by atoms with van der Waals surface area (Å²) in [6.45, 7) is 3.55. The Morgan fingerprint density at radius 2 is 2.06 bits per heavy atom. The van der Waals surface area contributed by atoms with Gasteiger partial charge in [-0.15, -0.1) is 0 Å². The maximum atomic E-state index is 9.80. The monoisotopic (exact) mass is 215 g/mol. The van der Waals surface area contributed by atoms with Gasteiger partial charge in [-0.05, 0) is 18.2 Å². The molecule has 2 aromatic rings. The molecule has 2 N–H and O–H groups in total. The van der Waals surface area contributed by atoms with E-state index in [9.17, 15) is 5.11 Å². The molecule has 16 heavy (non-hydrogen) atoms. The summed E-state index contributed by atoms with van der Waals surface area (Å²) in [5.74, 6) is 0.383. The number of fused-ring (bicyclic) bond motifs is 1. The van der Waals surface area contributed by atoms with Crippen molar-refractivity contribution >= 4 is 16.7 Å². The Kier molecular flexibility index (Phi) is 2.55. The number of oxime groups is 1. The van der Waals surface area contributed by atoms with Gasteiger partial charge in [-0.3, -0.25) is 0 Å². The highest BCUT2D eigenvalue weighted by molar-refractivity contribution is 5.90. The van der Waals surface area contributed by atoms with Crippen molar-refractivity contribution in [3.8, 4) is 5.75 Å². The van der Waals surface area contributed by atoms with Gasteiger partial charge in [0, 0.05) is 11.5 Å². The minimum absolute atomic E-state index is 0.126. The van der Waals surface area contributed by atoms with E-state index in [-0.39, 0.29) is 11.6 Å². The van der Waals surface area contributed by atoms with Crippen molar-refractivity contribution in [3.63, 3.8) is 0 Å². The van der Waals surface area contributed by atoms with Gasteiger partial charge in [0.2, 0.25) is 0 Å². The van der Waals surface area contributed by atoms with Crippen LogP contribution in [0.1, 0.15) is 0 Å². The first-order valence-electron chi connectivity index (χ1n) is 4.75. The Morgan fingerprint density at radius 3 is 2.75 bits per heavy atom. The zero-order chi connectivity index (χ0) is 11.5. The molecule has 80 valence electrons. The van der Waals surface area contributed by atoms with Gasteiger partial charge in [-0.25, -0.2) is 0 Å². The molecule has 1 aromatic carbocycles. The molecule has 1 heterocycles. The number of phenolic OH excluding ortho intramolecular Hbond substituents is 1. The van der Waals surface area contributed by atoms with Crippen molar-refractivity contribution in [3.05, 3.63) is 49.2 Å². The molecular formula is C12H11N2O2+. The van der Waals surface area contributed by atoms with E-state index in [1.54, 1.807) is 29.0 Å². The average Bonchev–Trinajstić information content (AvgIpc) is 2.31. The van der Waals surface area contributed by atoms with Crippen LogP contribution >= 0.6 is 0 Å². The molecule has 0 radical (unpaired) electrons. The number of aromatic hydroxyl groups is 1. The second-order valence-corrected chi connectivity index (χ2v) is 3.26. The molecule has 0 aliphatic carbocycles. The molecule has 4 nitrogen and oxygen atoms in total. The van der Waals surface area contributed by atoms with Crippen LogP contribution in [0, 0.1) is 0 Å². The highest BCUT2D eigenvalue weighted by atomic mass is 16.4. The number of nitrogens with zero attached hydrogens (tertiary/aromatic N) is 2. The van der Waals surface area contributed by atoms with Crippen molar-refractivity contribution in [2.24, 2.45) is 5.16 Å². The van der Waals surface area contributed by atoms with Crippen LogP contribution < -0.4 is 4.57 Å². The van der Waals surface area contributed by atoms with Crippen molar-refractivity contribution in [1.29, 1.82) is 0 Å². The van der Waals surface area contributed by atoms with Crippen molar-refractivity contribution < 1.29 is 14.9 Å². The van der Waals surface area contributed by atoms with Crippen LogP contribution in [-0.2, 0) is 0 Å². The number of hydrogen-bond donors (Lipinski definition) is 2. The predicted molar refractivity (Wildman–Crippen MR) is 60.6 cm³/mol. The molecule has 0 fully saturated rings. The van der Waals surface area contributed by atoms with Gasteiger partial charge >= 0.3 is 5.84 Å². The molecule has 0 aliphatic rings. The summed E-state index contributed by atoms with van der Waals surface area (Å²) in [5, 5.41) is 22.6. The second kappa shape index (κ2) is 4.02. The normalized spacial score (nSPS) is 11.6. The van der Waals surface area contributed by atoms with Crippen LogP contribution in [0.15, 0.2) is 54.3 Å². The topological polar surface area (TPSA) is 56.7 Å². The largest absolute Gasteiger partial charge is 0.504 e. The summed E-state index contributed by atoms with van der Waals surface area (Å²) in [7, 11) is 0. The van der Waals surface area contributed by atoms with Gasteiger partial charge < -0.3 is 10.3 Å². The smallest absolute Gasteiger partial charge is 0.374 e. The lowest BCUT2D eigenvalue weighted by molar-refractivity contribution is -0.526. The quantitative estimate of drug-likeness (QED) is 0.250. The molecule has 0 atom stereocenters. The fraction of sp³-hybridized carbons (Fsp3) is 0. The lowest BCUT2D eigenvalue weighted by atomic mass is 10.2. The van der Waals surface area contributed by atoms with Gasteiger partial charge in [0.25, 0.3) is 0 Å². The number of rotatable bonds is 1. The minimum Gasteiger partial charge on any atom is -0.504 e. The van der Waals surface area contributed by atoms with Crippen LogP contribution in [0.4, 0.5) is 0 Å². The number of allylic oxidation sites excluding steroid dienone is 1. The zero-order valence-corrected chi connectivity index (χ0v) is 8.54. The van der Waals surface area contributed by atoms with Crippen molar-refractivity contribution in [2.75, 3.05) is 0 Å². The van der Waals surface area contributed by atoms with E-state index in [1.165, 1.54) is 6.08 Å². The average molecular weight is 215 g/mol. The van der Waals surface area contributed by atoms with E-state index in [0.717, 1.165) is 5.39 Å². The van der Waals surface area contributed by atoms with Crippen LogP contribution in [-0.4, -0.2) is 16.1 Å². The molecule has 4 heteroatoms. The number of hydrogen-bond acceptors (Lipinski definition) is 3. The van der Waals surface area contributed by atoms with Gasteiger partial charge in [0.15, 0.2) is 16.4 Å². The second-order valence-electron chi connectivity index (χ2n) is 3.26. The maximum Gasteiger partial charge on any atom is 0.374 e. The molecule has 0 bridgehead atoms. The molecule has 1 aromatic heterocycles. The first-order chi connectivity index (χ1) is 7.77. The van der Waals surface area contributed by atoms with Gasteiger partial charge in [0.05, 0.1) is 6.20 Å². The number of para-hydroxylation sites is 1. The lowest BCUT2D eigenvalue weighted by Gasteiger charge is -2.02. The Labute approximate surface area is 92.4 Å². The van der Waals surface area contributed by atoms with Crippen LogP contribution in [0.2, 0.25) is 0 Å². The molecule has 0 amide bonds. The number of pyridine rings is 1. The fourth-order valence-corrected chi connectivity index (χ4v) is 1.63. The van der Waals surface area contributed by atoms with Crippen molar-refractivity contribution in [1.82, 2.24) is 0 Å². The SMILES string of the molecule is C=CC(=NO)[n+]1cccc2cccc(O)c21. The third kappa shape index (κ3) is 1.50. The molecule has 0 unspecified atom stereocenters. The third-order valence-corrected chi connectivity index (χ3v) is 2.33. The predicted octanol–water partition coefficient (Wildman–Crippen LogP) is 1.65. The molecule has 0 aliphatic heterocycles. The summed E-state index contributed by atoms with van der Waals surface area (Å²) in [5.41, 5.74) is 0.581. The molecule has 0 spiro atoms. The Bertz CT molecular complexity index is 571. The van der Waals surface area contributed by atoms with Gasteiger partial charge in [-0.2, -0.15) is 4.57 Å². The van der Waals surface area contributed by atoms with Gasteiger partial charge in [-0.1, -0.05) is 18.7 Å². The number of benzene rings is 1. The van der Waals surface area contributed by atoms with E-state index in [4.69, 9.17) is 5.21 Å². The summed E-state index contributed by atoms with van der Waals surface area (Å²) < 4.78 is 1.57. The Balaban J connectivity index is 2.85. The Hall–Kier alpha value is -2.36. The van der Waals surface area contributed by atoms with Crippen LogP contribution in [0.25, 0.3) is 10.9 Å². The maximum absolute atomic E-state index is 9.80. The zero-order valence-electron chi connectivity index (χ0n) is 8.54. The van der Waals surface area contributed by atoms with Crippen LogP contribution in [0.5, 0.6) is 5.75 Å². The highest BCUT2D eigenvalue weighted by Crippen LogP contribution is 2.19. The highest BCUT2D eigenvalue weighted by Gasteiger charge is 2.15. The van der Waals surface area contributed by atoms with E-state index in [2.05, 4.69) is 11.7 Å². The first kappa shape index (κ1) is 10.2. The molecular weight excluding hydrogens is 204 g/mol. The summed E-state index contributed by atoms with van der Waals surface area (Å²) in [6.07, 6.45) is 3.10. The lowest BCUT2D eigenvalue weighted by Crippen LogP contribution is -2.41. The van der Waals surface area contributed by atoms with Crippen LogP contribution in [0.3, 0.4) is 0 Å². The molecule has 0 saturated carbocycles. The summed E-state index contributed by atoms with van der Waals surface area (Å²) in [6, 6.07) is 8.87. The minimum atomic E-state index is 0.126. The van der Waals surface area contributed by atoms with E-state index in [0.29, 0.717) is 5.52 Å². The summed E-state index contributed by atoms with van der Waals surface area (Å²) >= 11 is 0. The van der Waals surface area contributed by atoms with E-state index < -0.39 is 0 Å². The number of phenols is 1. The molecule has 2 rings (SSSR count). The first-order valence-corrected chi connectivity index (χ1v) is 4.75. The van der Waals surface area contributed by atoms with Crippen molar-refractivity contribution in [2.45, 2.75) is 0 Å². The summed E-state index contributed by atoms with van der Waals surface area (Å²) in [4.78, 5) is 0. The number of aromatic nitrogens is 1.